The highest BCUT2D eigenvalue weighted by Crippen LogP contribution is 2.36. The Morgan fingerprint density at radius 2 is 1.73 bits per heavy atom. The summed E-state index contributed by atoms with van der Waals surface area (Å²) in [5, 5.41) is -0.162. The third kappa shape index (κ3) is 5.14. The van der Waals surface area contributed by atoms with Crippen LogP contribution < -0.4 is 4.72 Å². The maximum absolute atomic E-state index is 13.0. The zero-order chi connectivity index (χ0) is 17.0. The Kier molecular flexibility index (Phi) is 6.70. The minimum atomic E-state index is -4.79. The zero-order valence-electron chi connectivity index (χ0n) is 12.4. The molecular formula is C14H19ClF3NO2S. The zero-order valence-corrected chi connectivity index (χ0v) is 13.9. The minimum absolute atomic E-state index is 0.162. The van der Waals surface area contributed by atoms with Crippen molar-refractivity contribution in [1.82, 2.24) is 4.72 Å². The van der Waals surface area contributed by atoms with Crippen molar-refractivity contribution in [3.8, 4) is 0 Å². The number of hydrogen-bond acceptors (Lipinski definition) is 2. The molecule has 0 unspecified atom stereocenters. The van der Waals surface area contributed by atoms with Gasteiger partial charge in [0.05, 0.1) is 10.5 Å². The predicted octanol–water partition coefficient (Wildman–Crippen LogP) is 4.61. The second kappa shape index (κ2) is 7.66. The first kappa shape index (κ1) is 19.3. The lowest BCUT2D eigenvalue weighted by atomic mass is 10.1. The van der Waals surface area contributed by atoms with Gasteiger partial charge in [-0.15, -0.1) is 0 Å². The maximum Gasteiger partial charge on any atom is 0.417 e. The van der Waals surface area contributed by atoms with Crippen LogP contribution in [-0.2, 0) is 16.2 Å². The van der Waals surface area contributed by atoms with Crippen molar-refractivity contribution in [3.63, 3.8) is 0 Å². The molecule has 1 aromatic carbocycles. The summed E-state index contributed by atoms with van der Waals surface area (Å²) < 4.78 is 66.1. The lowest BCUT2D eigenvalue weighted by molar-refractivity contribution is -0.139. The molecule has 126 valence electrons. The summed E-state index contributed by atoms with van der Waals surface area (Å²) in [6.45, 7) is 3.78. The molecule has 0 aliphatic carbocycles. The molecule has 0 saturated carbocycles. The smallest absolute Gasteiger partial charge is 0.208 e. The van der Waals surface area contributed by atoms with Gasteiger partial charge in [-0.2, -0.15) is 13.2 Å². The van der Waals surface area contributed by atoms with E-state index in [2.05, 4.69) is 4.72 Å². The van der Waals surface area contributed by atoms with E-state index in [-0.39, 0.29) is 11.1 Å². The van der Waals surface area contributed by atoms with E-state index in [0.717, 1.165) is 25.0 Å². The lowest BCUT2D eigenvalue weighted by Crippen LogP contribution is -2.35. The quantitative estimate of drug-likeness (QED) is 0.774. The SMILES string of the molecule is CCCC(CCC)NS(=O)(=O)c1ccc(Cl)cc1C(F)(F)F. The molecule has 1 N–H and O–H groups in total. The van der Waals surface area contributed by atoms with Gasteiger partial charge in [-0.25, -0.2) is 13.1 Å². The van der Waals surface area contributed by atoms with E-state index < -0.39 is 26.7 Å². The van der Waals surface area contributed by atoms with E-state index in [1.165, 1.54) is 0 Å². The number of alkyl halides is 3. The van der Waals surface area contributed by atoms with Gasteiger partial charge in [0.2, 0.25) is 10.0 Å². The molecule has 1 rings (SSSR count). The van der Waals surface area contributed by atoms with E-state index in [4.69, 9.17) is 11.6 Å². The summed E-state index contributed by atoms with van der Waals surface area (Å²) in [6, 6.07) is 2.28. The van der Waals surface area contributed by atoms with Gasteiger partial charge in [0.25, 0.3) is 0 Å². The average Bonchev–Trinajstić information content (AvgIpc) is 2.37. The molecule has 0 radical (unpaired) electrons. The minimum Gasteiger partial charge on any atom is -0.208 e. The number of nitrogens with one attached hydrogen (secondary N) is 1. The summed E-state index contributed by atoms with van der Waals surface area (Å²) >= 11 is 5.56. The molecule has 0 aromatic heterocycles. The van der Waals surface area contributed by atoms with Gasteiger partial charge in [-0.1, -0.05) is 38.3 Å². The van der Waals surface area contributed by atoms with Crippen LogP contribution in [0.4, 0.5) is 13.2 Å². The van der Waals surface area contributed by atoms with E-state index >= 15 is 0 Å². The summed E-state index contributed by atoms with van der Waals surface area (Å²) in [4.78, 5) is -0.790. The van der Waals surface area contributed by atoms with Crippen molar-refractivity contribution in [2.75, 3.05) is 0 Å². The highest BCUT2D eigenvalue weighted by molar-refractivity contribution is 7.89. The van der Waals surface area contributed by atoms with Crippen LogP contribution in [0, 0.1) is 0 Å². The van der Waals surface area contributed by atoms with Crippen LogP contribution in [0.2, 0.25) is 5.02 Å². The monoisotopic (exact) mass is 357 g/mol. The number of halogens is 4. The van der Waals surface area contributed by atoms with Crippen LogP contribution in [0.3, 0.4) is 0 Å². The Labute approximate surface area is 133 Å². The average molecular weight is 358 g/mol. The van der Waals surface area contributed by atoms with Crippen molar-refractivity contribution in [3.05, 3.63) is 28.8 Å². The molecule has 3 nitrogen and oxygen atoms in total. The fourth-order valence-electron chi connectivity index (χ4n) is 2.20. The Bertz CT molecular complexity index is 597. The molecule has 0 saturated heterocycles. The normalized spacial score (nSPS) is 12.9. The Hall–Kier alpha value is -0.790. The maximum atomic E-state index is 13.0. The summed E-state index contributed by atoms with van der Waals surface area (Å²) in [5.41, 5.74) is -1.25. The van der Waals surface area contributed by atoms with Crippen LogP contribution in [0.1, 0.15) is 45.1 Å². The van der Waals surface area contributed by atoms with E-state index in [9.17, 15) is 21.6 Å². The molecule has 8 heteroatoms. The molecule has 0 aliphatic heterocycles. The molecule has 0 atom stereocenters. The first-order valence-electron chi connectivity index (χ1n) is 7.00. The van der Waals surface area contributed by atoms with Gasteiger partial charge in [-0.05, 0) is 31.0 Å². The van der Waals surface area contributed by atoms with Crippen LogP contribution >= 0.6 is 11.6 Å². The topological polar surface area (TPSA) is 46.2 Å². The van der Waals surface area contributed by atoms with Crippen molar-refractivity contribution in [2.24, 2.45) is 0 Å². The lowest BCUT2D eigenvalue weighted by Gasteiger charge is -2.19. The highest BCUT2D eigenvalue weighted by Gasteiger charge is 2.37. The molecule has 22 heavy (non-hydrogen) atoms. The van der Waals surface area contributed by atoms with Gasteiger partial charge in [-0.3, -0.25) is 0 Å². The second-order valence-electron chi connectivity index (χ2n) is 5.03. The Balaban J connectivity index is 3.22. The second-order valence-corrected chi connectivity index (χ2v) is 7.15. The van der Waals surface area contributed by atoms with Gasteiger partial charge in [0.15, 0.2) is 0 Å². The van der Waals surface area contributed by atoms with Gasteiger partial charge < -0.3 is 0 Å². The fourth-order valence-corrected chi connectivity index (χ4v) is 3.89. The van der Waals surface area contributed by atoms with E-state index in [1.54, 1.807) is 0 Å². The summed E-state index contributed by atoms with van der Waals surface area (Å²) in [7, 11) is -4.26. The third-order valence-electron chi connectivity index (χ3n) is 3.13. The molecule has 0 heterocycles. The molecule has 0 fully saturated rings. The molecule has 1 aromatic rings. The molecule has 0 aliphatic rings. The van der Waals surface area contributed by atoms with Crippen LogP contribution in [-0.4, -0.2) is 14.5 Å². The van der Waals surface area contributed by atoms with Crippen LogP contribution in [0.15, 0.2) is 23.1 Å². The Morgan fingerprint density at radius 3 is 2.18 bits per heavy atom. The predicted molar refractivity (Wildman–Crippen MR) is 80.4 cm³/mol. The summed E-state index contributed by atoms with van der Waals surface area (Å²) in [5.74, 6) is 0. The molecular weight excluding hydrogens is 339 g/mol. The largest absolute Gasteiger partial charge is 0.417 e. The first-order valence-corrected chi connectivity index (χ1v) is 8.87. The highest BCUT2D eigenvalue weighted by atomic mass is 35.5. The van der Waals surface area contributed by atoms with Crippen molar-refractivity contribution >= 4 is 21.6 Å². The van der Waals surface area contributed by atoms with E-state index in [1.807, 2.05) is 13.8 Å². The number of hydrogen-bond donors (Lipinski definition) is 1. The fraction of sp³-hybridized carbons (Fsp3) is 0.571. The van der Waals surface area contributed by atoms with Crippen molar-refractivity contribution in [1.29, 1.82) is 0 Å². The third-order valence-corrected chi connectivity index (χ3v) is 4.95. The number of sulfonamides is 1. The van der Waals surface area contributed by atoms with Crippen molar-refractivity contribution in [2.45, 2.75) is 56.6 Å². The number of benzene rings is 1. The first-order chi connectivity index (χ1) is 10.1. The van der Waals surface area contributed by atoms with Crippen LogP contribution in [0.5, 0.6) is 0 Å². The van der Waals surface area contributed by atoms with Gasteiger partial charge in [0, 0.05) is 11.1 Å². The standard InChI is InChI=1S/C14H19ClF3NO2S/c1-3-5-11(6-4-2)19-22(20,21)13-8-7-10(15)9-12(13)14(16,17)18/h7-9,11,19H,3-6H2,1-2H3. The molecule has 0 spiro atoms. The van der Waals surface area contributed by atoms with Crippen LogP contribution in [0.25, 0.3) is 0 Å². The molecule has 0 amide bonds. The molecule has 0 bridgehead atoms. The Morgan fingerprint density at radius 1 is 1.18 bits per heavy atom. The summed E-state index contributed by atoms with van der Waals surface area (Å²) in [6.07, 6.45) is -2.18. The van der Waals surface area contributed by atoms with Gasteiger partial charge >= 0.3 is 6.18 Å². The van der Waals surface area contributed by atoms with E-state index in [0.29, 0.717) is 18.9 Å². The van der Waals surface area contributed by atoms with Gasteiger partial charge in [0.1, 0.15) is 0 Å². The number of rotatable bonds is 7. The van der Waals surface area contributed by atoms with Crippen molar-refractivity contribution < 1.29 is 21.6 Å².